The number of hydrogen-bond donors (Lipinski definition) is 1. The topological polar surface area (TPSA) is 44.5 Å². The van der Waals surface area contributed by atoms with Crippen molar-refractivity contribution in [1.82, 2.24) is 0 Å². The van der Waals surface area contributed by atoms with Gasteiger partial charge in [0.05, 0.1) is 18.2 Å². The third kappa shape index (κ3) is 3.75. The van der Waals surface area contributed by atoms with E-state index in [0.717, 1.165) is 28.0 Å². The van der Waals surface area contributed by atoms with E-state index in [2.05, 4.69) is 28.9 Å². The predicted octanol–water partition coefficient (Wildman–Crippen LogP) is 3.61. The summed E-state index contributed by atoms with van der Waals surface area (Å²) in [6.45, 7) is 5.22. The summed E-state index contributed by atoms with van der Waals surface area (Å²) in [5.74, 6) is 1.47. The first-order valence-corrected chi connectivity index (χ1v) is 6.85. The molecule has 0 aliphatic carbocycles. The molecule has 0 aromatic heterocycles. The summed E-state index contributed by atoms with van der Waals surface area (Å²) in [5.41, 5.74) is 7.94. The molecule has 1 rings (SSSR count). The molecular weight excluding hydrogens is 294 g/mol. The van der Waals surface area contributed by atoms with Gasteiger partial charge in [0, 0.05) is 6.54 Å². The number of ether oxygens (including phenoxy) is 2. The summed E-state index contributed by atoms with van der Waals surface area (Å²) >= 11 is 3.51. The Morgan fingerprint density at radius 1 is 1.39 bits per heavy atom. The number of halogens is 1. The molecule has 0 unspecified atom stereocenters. The van der Waals surface area contributed by atoms with E-state index in [0.29, 0.717) is 13.2 Å². The quantitative estimate of drug-likeness (QED) is 0.872. The van der Waals surface area contributed by atoms with Gasteiger partial charge in [-0.1, -0.05) is 18.6 Å². The average molecular weight is 314 g/mol. The van der Waals surface area contributed by atoms with Gasteiger partial charge in [-0.15, -0.1) is 0 Å². The van der Waals surface area contributed by atoms with Gasteiger partial charge in [0.1, 0.15) is 0 Å². The summed E-state index contributed by atoms with van der Waals surface area (Å²) in [4.78, 5) is 0. The van der Waals surface area contributed by atoms with Crippen molar-refractivity contribution in [2.75, 3.05) is 20.3 Å². The number of hydrogen-bond acceptors (Lipinski definition) is 3. The third-order valence-electron chi connectivity index (χ3n) is 2.63. The molecule has 3 nitrogen and oxygen atoms in total. The predicted molar refractivity (Wildman–Crippen MR) is 79.2 cm³/mol. The van der Waals surface area contributed by atoms with E-state index >= 15 is 0 Å². The lowest BCUT2D eigenvalue weighted by molar-refractivity contribution is 0.309. The smallest absolute Gasteiger partial charge is 0.175 e. The second-order valence-electron chi connectivity index (χ2n) is 3.83. The summed E-state index contributed by atoms with van der Waals surface area (Å²) < 4.78 is 11.8. The lowest BCUT2D eigenvalue weighted by Gasteiger charge is -2.12. The fraction of sp³-hybridized carbons (Fsp3) is 0.429. The van der Waals surface area contributed by atoms with Crippen LogP contribution in [0.2, 0.25) is 0 Å². The SMILES string of the molecule is CCOc1c(Br)cc(C=C(CC)CN)cc1OC. The monoisotopic (exact) mass is 313 g/mol. The molecule has 0 amide bonds. The molecule has 2 N–H and O–H groups in total. The van der Waals surface area contributed by atoms with Crippen LogP contribution in [0.4, 0.5) is 0 Å². The second kappa shape index (κ2) is 7.44. The lowest BCUT2D eigenvalue weighted by Crippen LogP contribution is -2.02. The Morgan fingerprint density at radius 2 is 2.11 bits per heavy atom. The summed E-state index contributed by atoms with van der Waals surface area (Å²) in [6.07, 6.45) is 3.03. The normalized spacial score (nSPS) is 11.5. The third-order valence-corrected chi connectivity index (χ3v) is 3.22. The Morgan fingerprint density at radius 3 is 2.61 bits per heavy atom. The molecule has 1 aromatic carbocycles. The minimum atomic E-state index is 0.573. The zero-order valence-corrected chi connectivity index (χ0v) is 12.7. The molecule has 4 heteroatoms. The van der Waals surface area contributed by atoms with Gasteiger partial charge in [0.2, 0.25) is 0 Å². The maximum atomic E-state index is 5.68. The average Bonchev–Trinajstić information content (AvgIpc) is 2.38. The molecule has 0 spiro atoms. The first-order valence-electron chi connectivity index (χ1n) is 6.06. The maximum Gasteiger partial charge on any atom is 0.175 e. The van der Waals surface area contributed by atoms with Gasteiger partial charge >= 0.3 is 0 Å². The second-order valence-corrected chi connectivity index (χ2v) is 4.68. The van der Waals surface area contributed by atoms with Crippen LogP contribution in [0.3, 0.4) is 0 Å². The molecule has 0 fully saturated rings. The van der Waals surface area contributed by atoms with Crippen LogP contribution in [0.1, 0.15) is 25.8 Å². The fourth-order valence-electron chi connectivity index (χ4n) is 1.65. The molecule has 100 valence electrons. The van der Waals surface area contributed by atoms with Crippen LogP contribution in [0, 0.1) is 0 Å². The van der Waals surface area contributed by atoms with Crippen molar-refractivity contribution in [3.8, 4) is 11.5 Å². The van der Waals surface area contributed by atoms with Crippen molar-refractivity contribution >= 4 is 22.0 Å². The van der Waals surface area contributed by atoms with Gasteiger partial charge in [-0.25, -0.2) is 0 Å². The Bertz CT molecular complexity index is 424. The largest absolute Gasteiger partial charge is 0.493 e. The minimum absolute atomic E-state index is 0.573. The highest BCUT2D eigenvalue weighted by Crippen LogP contribution is 2.37. The highest BCUT2D eigenvalue weighted by molar-refractivity contribution is 9.10. The van der Waals surface area contributed by atoms with Gasteiger partial charge in [-0.2, -0.15) is 0 Å². The van der Waals surface area contributed by atoms with Crippen molar-refractivity contribution in [2.45, 2.75) is 20.3 Å². The highest BCUT2D eigenvalue weighted by Gasteiger charge is 2.10. The van der Waals surface area contributed by atoms with Crippen molar-refractivity contribution in [1.29, 1.82) is 0 Å². The van der Waals surface area contributed by atoms with Gasteiger partial charge in [0.25, 0.3) is 0 Å². The van der Waals surface area contributed by atoms with E-state index < -0.39 is 0 Å². The van der Waals surface area contributed by atoms with Gasteiger partial charge in [0.15, 0.2) is 11.5 Å². The minimum Gasteiger partial charge on any atom is -0.493 e. The number of methoxy groups -OCH3 is 1. The lowest BCUT2D eigenvalue weighted by atomic mass is 10.1. The van der Waals surface area contributed by atoms with Crippen LogP contribution in [0.25, 0.3) is 6.08 Å². The van der Waals surface area contributed by atoms with E-state index in [-0.39, 0.29) is 0 Å². The molecule has 0 saturated carbocycles. The van der Waals surface area contributed by atoms with Crippen LogP contribution < -0.4 is 15.2 Å². The molecule has 0 atom stereocenters. The Balaban J connectivity index is 3.17. The Hall–Kier alpha value is -1.00. The van der Waals surface area contributed by atoms with Gasteiger partial charge in [-0.3, -0.25) is 0 Å². The fourth-order valence-corrected chi connectivity index (χ4v) is 2.22. The highest BCUT2D eigenvalue weighted by atomic mass is 79.9. The zero-order chi connectivity index (χ0) is 13.5. The van der Waals surface area contributed by atoms with E-state index in [1.807, 2.05) is 19.1 Å². The molecule has 18 heavy (non-hydrogen) atoms. The molecule has 0 heterocycles. The summed E-state index contributed by atoms with van der Waals surface area (Å²) in [7, 11) is 1.64. The van der Waals surface area contributed by atoms with Crippen molar-refractivity contribution in [3.05, 3.63) is 27.7 Å². The molecule has 1 aromatic rings. The van der Waals surface area contributed by atoms with Crippen LogP contribution in [-0.2, 0) is 0 Å². The van der Waals surface area contributed by atoms with Gasteiger partial charge < -0.3 is 15.2 Å². The van der Waals surface area contributed by atoms with Crippen LogP contribution in [-0.4, -0.2) is 20.3 Å². The van der Waals surface area contributed by atoms with Crippen LogP contribution >= 0.6 is 15.9 Å². The van der Waals surface area contributed by atoms with Crippen LogP contribution in [0.15, 0.2) is 22.2 Å². The number of rotatable bonds is 6. The van der Waals surface area contributed by atoms with Crippen molar-refractivity contribution in [2.24, 2.45) is 5.73 Å². The maximum absolute atomic E-state index is 5.68. The first kappa shape index (κ1) is 15.1. The number of nitrogens with two attached hydrogens (primary N) is 1. The van der Waals surface area contributed by atoms with E-state index in [9.17, 15) is 0 Å². The summed E-state index contributed by atoms with van der Waals surface area (Å²) in [6, 6.07) is 3.97. The molecule has 0 radical (unpaired) electrons. The Kier molecular flexibility index (Phi) is 6.22. The summed E-state index contributed by atoms with van der Waals surface area (Å²) in [5, 5.41) is 0. The molecule has 0 aliphatic heterocycles. The first-order chi connectivity index (χ1) is 8.65. The zero-order valence-electron chi connectivity index (χ0n) is 11.1. The van der Waals surface area contributed by atoms with Crippen LogP contribution in [0.5, 0.6) is 11.5 Å². The van der Waals surface area contributed by atoms with E-state index in [1.165, 1.54) is 5.57 Å². The molecule has 0 saturated heterocycles. The number of benzene rings is 1. The van der Waals surface area contributed by atoms with Gasteiger partial charge in [-0.05, 0) is 47.0 Å². The Labute approximate surface area is 117 Å². The van der Waals surface area contributed by atoms with Crippen molar-refractivity contribution in [3.63, 3.8) is 0 Å². The van der Waals surface area contributed by atoms with Crippen molar-refractivity contribution < 1.29 is 9.47 Å². The molecule has 0 aliphatic rings. The van der Waals surface area contributed by atoms with E-state index in [4.69, 9.17) is 15.2 Å². The molecular formula is C14H20BrNO2. The van der Waals surface area contributed by atoms with E-state index in [1.54, 1.807) is 7.11 Å². The molecule has 0 bridgehead atoms. The standard InChI is InChI=1S/C14H20BrNO2/c1-4-10(9-16)6-11-7-12(15)14(18-5-2)13(8-11)17-3/h6-8H,4-5,9,16H2,1-3H3.